The smallest absolute Gasteiger partial charge is 0.140 e. The van der Waals surface area contributed by atoms with Gasteiger partial charge in [0, 0.05) is 0 Å². The van der Waals surface area contributed by atoms with Crippen molar-refractivity contribution in [3.05, 3.63) is 0 Å². The van der Waals surface area contributed by atoms with Crippen LogP contribution in [0.2, 0.25) is 0 Å². The van der Waals surface area contributed by atoms with Gasteiger partial charge in [-0.25, -0.2) is 0 Å². The lowest BCUT2D eigenvalue weighted by Crippen LogP contribution is -2.03. The van der Waals surface area contributed by atoms with Gasteiger partial charge in [0.05, 0.1) is 6.07 Å². The van der Waals surface area contributed by atoms with E-state index in [0.717, 1.165) is 6.42 Å². The molecule has 0 aliphatic heterocycles. The van der Waals surface area contributed by atoms with Crippen LogP contribution in [0.15, 0.2) is 0 Å². The summed E-state index contributed by atoms with van der Waals surface area (Å²) in [4.78, 5) is 0. The van der Waals surface area contributed by atoms with Gasteiger partial charge >= 0.3 is 0 Å². The van der Waals surface area contributed by atoms with Crippen LogP contribution in [0.3, 0.4) is 0 Å². The quantitative estimate of drug-likeness (QED) is 0.581. The lowest BCUT2D eigenvalue weighted by molar-refractivity contribution is 0.210. The minimum Gasteiger partial charge on any atom is -0.378 e. The van der Waals surface area contributed by atoms with Crippen LogP contribution in [-0.2, 0) is 0 Å². The van der Waals surface area contributed by atoms with E-state index in [-0.39, 0.29) is 0 Å². The molecule has 2 nitrogen and oxygen atoms in total. The molecule has 0 aliphatic rings. The highest BCUT2D eigenvalue weighted by atomic mass is 16.3. The Labute approximate surface area is 56.1 Å². The molecule has 0 rings (SSSR count). The molecule has 0 aromatic rings. The molecule has 52 valence electrons. The van der Waals surface area contributed by atoms with Gasteiger partial charge in [-0.3, -0.25) is 0 Å². The lowest BCUT2D eigenvalue weighted by atomic mass is 10.1. The fraction of sp³-hybridized carbons (Fsp3) is 0.857. The van der Waals surface area contributed by atoms with Crippen molar-refractivity contribution in [2.75, 3.05) is 0 Å². The van der Waals surface area contributed by atoms with Crippen LogP contribution in [0.1, 0.15) is 26.7 Å². The molecule has 0 amide bonds. The standard InChI is InChI=1S/C7H13NO/c1-6(2)3-4-7(9)5-8/h6-7,9H,3-4H2,1-2H3. The summed E-state index contributed by atoms with van der Waals surface area (Å²) < 4.78 is 0. The molecule has 2 heteroatoms. The first-order chi connectivity index (χ1) is 4.16. The first kappa shape index (κ1) is 8.45. The van der Waals surface area contributed by atoms with Crippen LogP contribution >= 0.6 is 0 Å². The maximum absolute atomic E-state index is 8.75. The summed E-state index contributed by atoms with van der Waals surface area (Å²) in [6.07, 6.45) is 0.774. The minimum absolute atomic E-state index is 0.577. The molecule has 0 saturated carbocycles. The van der Waals surface area contributed by atoms with E-state index in [4.69, 9.17) is 10.4 Å². The first-order valence-electron chi connectivity index (χ1n) is 3.24. The second kappa shape index (κ2) is 4.34. The number of nitriles is 1. The van der Waals surface area contributed by atoms with E-state index < -0.39 is 6.10 Å². The SMILES string of the molecule is CC(C)CCC(O)C#N. The van der Waals surface area contributed by atoms with Crippen LogP contribution < -0.4 is 0 Å². The van der Waals surface area contributed by atoms with E-state index in [2.05, 4.69) is 13.8 Å². The molecular formula is C7H13NO. The van der Waals surface area contributed by atoms with Gasteiger partial charge in [0.2, 0.25) is 0 Å². The molecule has 0 aromatic heterocycles. The second-order valence-corrected chi connectivity index (χ2v) is 2.62. The average molecular weight is 127 g/mol. The molecule has 0 spiro atoms. The Bertz CT molecular complexity index is 104. The van der Waals surface area contributed by atoms with Gasteiger partial charge in [-0.2, -0.15) is 5.26 Å². The van der Waals surface area contributed by atoms with Gasteiger partial charge in [-0.1, -0.05) is 13.8 Å². The Balaban J connectivity index is 3.19. The van der Waals surface area contributed by atoms with Crippen LogP contribution in [-0.4, -0.2) is 11.2 Å². The maximum atomic E-state index is 8.75. The molecule has 0 aliphatic carbocycles. The van der Waals surface area contributed by atoms with Crippen molar-refractivity contribution in [3.63, 3.8) is 0 Å². The highest BCUT2D eigenvalue weighted by Crippen LogP contribution is 2.05. The highest BCUT2D eigenvalue weighted by Gasteiger charge is 2.01. The normalized spacial score (nSPS) is 13.2. The average Bonchev–Trinajstić information content (AvgIpc) is 1.83. The van der Waals surface area contributed by atoms with Crippen molar-refractivity contribution in [2.24, 2.45) is 5.92 Å². The predicted molar refractivity (Wildman–Crippen MR) is 35.7 cm³/mol. The molecule has 0 bridgehead atoms. The zero-order chi connectivity index (χ0) is 7.28. The molecule has 0 heterocycles. The maximum Gasteiger partial charge on any atom is 0.140 e. The number of aliphatic hydroxyl groups excluding tert-OH is 1. The van der Waals surface area contributed by atoms with Gasteiger partial charge in [0.25, 0.3) is 0 Å². The largest absolute Gasteiger partial charge is 0.378 e. The van der Waals surface area contributed by atoms with Crippen LogP contribution in [0.25, 0.3) is 0 Å². The van der Waals surface area contributed by atoms with Gasteiger partial charge in [-0.05, 0) is 18.8 Å². The number of hydrogen-bond acceptors (Lipinski definition) is 2. The Morgan fingerprint density at radius 2 is 2.00 bits per heavy atom. The Morgan fingerprint density at radius 1 is 1.44 bits per heavy atom. The van der Waals surface area contributed by atoms with Crippen molar-refractivity contribution in [2.45, 2.75) is 32.8 Å². The number of nitrogens with zero attached hydrogens (tertiary/aromatic N) is 1. The molecule has 1 atom stereocenters. The lowest BCUT2D eigenvalue weighted by Gasteiger charge is -2.03. The number of aliphatic hydroxyl groups is 1. The Hall–Kier alpha value is -0.550. The van der Waals surface area contributed by atoms with Crippen LogP contribution in [0.5, 0.6) is 0 Å². The first-order valence-corrected chi connectivity index (χ1v) is 3.24. The third-order valence-electron chi connectivity index (χ3n) is 1.17. The van der Waals surface area contributed by atoms with Gasteiger partial charge in [-0.15, -0.1) is 0 Å². The zero-order valence-electron chi connectivity index (χ0n) is 5.96. The van der Waals surface area contributed by atoms with Gasteiger partial charge in [0.1, 0.15) is 6.10 Å². The Kier molecular flexibility index (Phi) is 4.08. The third-order valence-corrected chi connectivity index (χ3v) is 1.17. The van der Waals surface area contributed by atoms with Crippen LogP contribution in [0, 0.1) is 17.2 Å². The predicted octanol–water partition coefficient (Wildman–Crippen LogP) is 1.31. The summed E-state index contributed by atoms with van der Waals surface area (Å²) >= 11 is 0. The fourth-order valence-corrected chi connectivity index (χ4v) is 0.556. The Morgan fingerprint density at radius 3 is 2.33 bits per heavy atom. The van der Waals surface area contributed by atoms with Crippen molar-refractivity contribution >= 4 is 0 Å². The number of rotatable bonds is 3. The van der Waals surface area contributed by atoms with E-state index in [9.17, 15) is 0 Å². The molecule has 0 saturated heterocycles. The summed E-state index contributed by atoms with van der Waals surface area (Å²) in [6, 6.07) is 1.78. The summed E-state index contributed by atoms with van der Waals surface area (Å²) in [6.45, 7) is 4.15. The van der Waals surface area contributed by atoms with E-state index in [1.807, 2.05) is 0 Å². The monoisotopic (exact) mass is 127 g/mol. The number of hydrogen-bond donors (Lipinski definition) is 1. The van der Waals surface area contributed by atoms with Crippen LogP contribution in [0.4, 0.5) is 0 Å². The van der Waals surface area contributed by atoms with E-state index in [1.54, 1.807) is 6.07 Å². The summed E-state index contributed by atoms with van der Waals surface area (Å²) in [5, 5.41) is 16.9. The van der Waals surface area contributed by atoms with Crippen molar-refractivity contribution < 1.29 is 5.11 Å². The second-order valence-electron chi connectivity index (χ2n) is 2.62. The molecule has 9 heavy (non-hydrogen) atoms. The minimum atomic E-state index is -0.757. The molecule has 0 aromatic carbocycles. The topological polar surface area (TPSA) is 44.0 Å². The van der Waals surface area contributed by atoms with Gasteiger partial charge < -0.3 is 5.11 Å². The third kappa shape index (κ3) is 5.32. The van der Waals surface area contributed by atoms with E-state index >= 15 is 0 Å². The summed E-state index contributed by atoms with van der Waals surface area (Å²) in [7, 11) is 0. The van der Waals surface area contributed by atoms with E-state index in [1.165, 1.54) is 0 Å². The molecule has 1 N–H and O–H groups in total. The summed E-state index contributed by atoms with van der Waals surface area (Å²) in [5.74, 6) is 0.577. The molecular weight excluding hydrogens is 114 g/mol. The molecule has 1 unspecified atom stereocenters. The molecule has 0 fully saturated rings. The fourth-order valence-electron chi connectivity index (χ4n) is 0.556. The highest BCUT2D eigenvalue weighted by molar-refractivity contribution is 4.81. The van der Waals surface area contributed by atoms with Crippen molar-refractivity contribution in [1.29, 1.82) is 5.26 Å². The van der Waals surface area contributed by atoms with Crippen molar-refractivity contribution in [1.82, 2.24) is 0 Å². The van der Waals surface area contributed by atoms with Crippen molar-refractivity contribution in [3.8, 4) is 6.07 Å². The van der Waals surface area contributed by atoms with E-state index in [0.29, 0.717) is 12.3 Å². The zero-order valence-corrected chi connectivity index (χ0v) is 5.96. The summed E-state index contributed by atoms with van der Waals surface area (Å²) in [5.41, 5.74) is 0. The van der Waals surface area contributed by atoms with Gasteiger partial charge in [0.15, 0.2) is 0 Å². The molecule has 0 radical (unpaired) electrons.